The monoisotopic (exact) mass is 326 g/mol. The van der Waals surface area contributed by atoms with Crippen molar-refractivity contribution in [3.8, 4) is 0 Å². The summed E-state index contributed by atoms with van der Waals surface area (Å²) in [5, 5.41) is 8.55. The van der Waals surface area contributed by atoms with E-state index >= 15 is 0 Å². The largest absolute Gasteiger partial charge is 0.481 e. The summed E-state index contributed by atoms with van der Waals surface area (Å²) in [6.07, 6.45) is 18.8. The molecule has 2 heteroatoms. The zero-order valence-electron chi connectivity index (χ0n) is 16.1. The van der Waals surface area contributed by atoms with Gasteiger partial charge in [0.1, 0.15) is 0 Å². The minimum atomic E-state index is -0.653. The fraction of sp³-hybridized carbons (Fsp3) is 0.952. The van der Waals surface area contributed by atoms with Crippen molar-refractivity contribution >= 4 is 5.97 Å². The first-order chi connectivity index (χ1) is 11.0. The third-order valence-corrected chi connectivity index (χ3v) is 5.19. The second-order valence-electron chi connectivity index (χ2n) is 7.75. The molecule has 138 valence electrons. The van der Waals surface area contributed by atoms with Gasteiger partial charge in [-0.25, -0.2) is 0 Å². The third kappa shape index (κ3) is 17.7. The van der Waals surface area contributed by atoms with Crippen LogP contribution in [0.15, 0.2) is 0 Å². The van der Waals surface area contributed by atoms with E-state index in [1.54, 1.807) is 0 Å². The first-order valence-electron chi connectivity index (χ1n) is 10.3. The number of unbranched alkanes of at least 4 members (excludes halogenated alkanes) is 12. The molecule has 0 aliphatic carbocycles. The van der Waals surface area contributed by atoms with Gasteiger partial charge in [0, 0.05) is 6.42 Å². The maximum Gasteiger partial charge on any atom is 0.303 e. The maximum atomic E-state index is 10.4. The summed E-state index contributed by atoms with van der Waals surface area (Å²) < 4.78 is 0. The molecule has 0 spiro atoms. The van der Waals surface area contributed by atoms with E-state index in [0.29, 0.717) is 6.42 Å². The van der Waals surface area contributed by atoms with Crippen molar-refractivity contribution in [3.63, 3.8) is 0 Å². The fourth-order valence-electron chi connectivity index (χ4n) is 3.02. The summed E-state index contributed by atoms with van der Waals surface area (Å²) in [7, 11) is 0. The molecule has 0 aromatic heterocycles. The number of carbonyl (C=O) groups is 1. The highest BCUT2D eigenvalue weighted by atomic mass is 16.4. The van der Waals surface area contributed by atoms with Crippen LogP contribution in [0, 0.1) is 11.8 Å². The first kappa shape index (κ1) is 22.5. The van der Waals surface area contributed by atoms with Crippen molar-refractivity contribution in [2.45, 2.75) is 117 Å². The van der Waals surface area contributed by atoms with E-state index in [2.05, 4.69) is 20.8 Å². The molecule has 0 amide bonds. The van der Waals surface area contributed by atoms with Crippen LogP contribution in [0.2, 0.25) is 0 Å². The Morgan fingerprint density at radius 3 is 1.35 bits per heavy atom. The van der Waals surface area contributed by atoms with E-state index in [1.165, 1.54) is 77.0 Å². The average molecular weight is 327 g/mol. The van der Waals surface area contributed by atoms with Crippen LogP contribution >= 0.6 is 0 Å². The van der Waals surface area contributed by atoms with Crippen LogP contribution < -0.4 is 0 Å². The molecule has 1 unspecified atom stereocenters. The zero-order valence-corrected chi connectivity index (χ0v) is 16.1. The quantitative estimate of drug-likeness (QED) is 0.287. The Balaban J connectivity index is 3.07. The molecule has 0 bridgehead atoms. The average Bonchev–Trinajstić information content (AvgIpc) is 2.50. The first-order valence-corrected chi connectivity index (χ1v) is 10.3. The SMILES string of the molecule is CC(C)C(C)CCCCCCCCCCCCCCCC(=O)O. The van der Waals surface area contributed by atoms with Crippen LogP contribution in [-0.4, -0.2) is 11.1 Å². The van der Waals surface area contributed by atoms with Crippen LogP contribution in [0.25, 0.3) is 0 Å². The van der Waals surface area contributed by atoms with E-state index < -0.39 is 5.97 Å². The number of carboxylic acids is 1. The molecule has 0 aliphatic heterocycles. The topological polar surface area (TPSA) is 37.3 Å². The van der Waals surface area contributed by atoms with Crippen LogP contribution in [0.5, 0.6) is 0 Å². The maximum absolute atomic E-state index is 10.4. The standard InChI is InChI=1S/C21H42O2/c1-19(2)20(3)17-15-13-11-9-7-5-4-6-8-10-12-14-16-18-21(22)23/h19-20H,4-18H2,1-3H3,(H,22,23). The van der Waals surface area contributed by atoms with Crippen LogP contribution in [0.4, 0.5) is 0 Å². The van der Waals surface area contributed by atoms with Gasteiger partial charge in [0.25, 0.3) is 0 Å². The van der Waals surface area contributed by atoms with Gasteiger partial charge in [0.05, 0.1) is 0 Å². The Kier molecular flexibility index (Phi) is 16.0. The lowest BCUT2D eigenvalue weighted by Gasteiger charge is -2.14. The zero-order chi connectivity index (χ0) is 17.3. The lowest BCUT2D eigenvalue weighted by molar-refractivity contribution is -0.137. The lowest BCUT2D eigenvalue weighted by atomic mass is 9.92. The molecular formula is C21H42O2. The minimum Gasteiger partial charge on any atom is -0.481 e. The molecule has 0 fully saturated rings. The molecule has 0 saturated carbocycles. The molecular weight excluding hydrogens is 284 g/mol. The Morgan fingerprint density at radius 1 is 0.652 bits per heavy atom. The predicted octanol–water partition coefficient (Wildman–Crippen LogP) is 7.21. The molecule has 2 nitrogen and oxygen atoms in total. The van der Waals surface area contributed by atoms with Crippen LogP contribution in [0.1, 0.15) is 117 Å². The summed E-state index contributed by atoms with van der Waals surface area (Å²) in [6.45, 7) is 7.05. The molecule has 1 atom stereocenters. The summed E-state index contributed by atoms with van der Waals surface area (Å²) in [5.41, 5.74) is 0. The van der Waals surface area contributed by atoms with Gasteiger partial charge < -0.3 is 5.11 Å². The van der Waals surface area contributed by atoms with E-state index in [-0.39, 0.29) is 0 Å². The smallest absolute Gasteiger partial charge is 0.303 e. The Labute approximate surface area is 145 Å². The molecule has 0 saturated heterocycles. The van der Waals surface area contributed by atoms with Gasteiger partial charge in [0.2, 0.25) is 0 Å². The van der Waals surface area contributed by atoms with Crippen molar-refractivity contribution in [2.24, 2.45) is 11.8 Å². The van der Waals surface area contributed by atoms with Gasteiger partial charge in [-0.3, -0.25) is 4.79 Å². The highest BCUT2D eigenvalue weighted by molar-refractivity contribution is 5.66. The predicted molar refractivity (Wildman–Crippen MR) is 101 cm³/mol. The van der Waals surface area contributed by atoms with E-state index in [1.807, 2.05) is 0 Å². The van der Waals surface area contributed by atoms with Gasteiger partial charge >= 0.3 is 5.97 Å². The summed E-state index contributed by atoms with van der Waals surface area (Å²) in [4.78, 5) is 10.4. The second-order valence-corrected chi connectivity index (χ2v) is 7.75. The Bertz CT molecular complexity index is 261. The molecule has 23 heavy (non-hydrogen) atoms. The molecule has 0 heterocycles. The normalized spacial score (nSPS) is 12.7. The summed E-state index contributed by atoms with van der Waals surface area (Å²) in [6, 6.07) is 0. The lowest BCUT2D eigenvalue weighted by Crippen LogP contribution is -2.03. The van der Waals surface area contributed by atoms with Crippen molar-refractivity contribution in [2.75, 3.05) is 0 Å². The number of hydrogen-bond donors (Lipinski definition) is 1. The summed E-state index contributed by atoms with van der Waals surface area (Å²) >= 11 is 0. The highest BCUT2D eigenvalue weighted by Gasteiger charge is 2.05. The Morgan fingerprint density at radius 2 is 1.00 bits per heavy atom. The van der Waals surface area contributed by atoms with Crippen LogP contribution in [0.3, 0.4) is 0 Å². The van der Waals surface area contributed by atoms with E-state index in [9.17, 15) is 4.79 Å². The van der Waals surface area contributed by atoms with Crippen molar-refractivity contribution in [1.82, 2.24) is 0 Å². The van der Waals surface area contributed by atoms with Crippen LogP contribution in [-0.2, 0) is 4.79 Å². The van der Waals surface area contributed by atoms with E-state index in [4.69, 9.17) is 5.11 Å². The van der Waals surface area contributed by atoms with Crippen molar-refractivity contribution in [3.05, 3.63) is 0 Å². The van der Waals surface area contributed by atoms with E-state index in [0.717, 1.165) is 24.7 Å². The molecule has 0 rings (SSSR count). The van der Waals surface area contributed by atoms with Gasteiger partial charge in [-0.2, -0.15) is 0 Å². The van der Waals surface area contributed by atoms with Crippen molar-refractivity contribution in [1.29, 1.82) is 0 Å². The summed E-state index contributed by atoms with van der Waals surface area (Å²) in [5.74, 6) is 1.07. The van der Waals surface area contributed by atoms with Crippen molar-refractivity contribution < 1.29 is 9.90 Å². The number of rotatable bonds is 17. The minimum absolute atomic E-state index is 0.344. The Hall–Kier alpha value is -0.530. The molecule has 0 aromatic rings. The van der Waals surface area contributed by atoms with Gasteiger partial charge in [-0.15, -0.1) is 0 Å². The van der Waals surface area contributed by atoms with Gasteiger partial charge in [0.15, 0.2) is 0 Å². The highest BCUT2D eigenvalue weighted by Crippen LogP contribution is 2.19. The number of aliphatic carboxylic acids is 1. The molecule has 0 aliphatic rings. The van der Waals surface area contributed by atoms with Gasteiger partial charge in [-0.1, -0.05) is 104 Å². The molecule has 1 N–H and O–H groups in total. The second kappa shape index (κ2) is 16.3. The third-order valence-electron chi connectivity index (χ3n) is 5.19. The fourth-order valence-corrected chi connectivity index (χ4v) is 3.02. The molecule has 0 aromatic carbocycles. The molecule has 0 radical (unpaired) electrons. The number of hydrogen-bond acceptors (Lipinski definition) is 1. The van der Waals surface area contributed by atoms with Gasteiger partial charge in [-0.05, 0) is 18.3 Å². The number of carboxylic acid groups (broad SMARTS) is 1.